The molecule has 4 nitrogen and oxygen atoms in total. The zero-order valence-electron chi connectivity index (χ0n) is 18.9. The van der Waals surface area contributed by atoms with Crippen LogP contribution in [0.1, 0.15) is 66.7 Å². The second kappa shape index (κ2) is 7.03. The molecule has 2 saturated carbocycles. The Morgan fingerprint density at radius 1 is 1.20 bits per heavy atom. The highest BCUT2D eigenvalue weighted by Crippen LogP contribution is 2.68. The first-order valence-corrected chi connectivity index (χ1v) is 11.4. The largest absolute Gasteiger partial charge is 0.447 e. The maximum atomic E-state index is 13.1. The van der Waals surface area contributed by atoms with Gasteiger partial charge >= 0.3 is 5.97 Å². The maximum absolute atomic E-state index is 13.1. The fourth-order valence-corrected chi connectivity index (χ4v) is 7.70. The Bertz CT molecular complexity index is 879. The van der Waals surface area contributed by atoms with Gasteiger partial charge in [-0.15, -0.1) is 0 Å². The van der Waals surface area contributed by atoms with Crippen LogP contribution in [0.25, 0.3) is 0 Å². The Balaban J connectivity index is 1.76. The topological polar surface area (TPSA) is 60.4 Å². The van der Waals surface area contributed by atoms with E-state index in [1.165, 1.54) is 11.6 Å². The van der Waals surface area contributed by atoms with E-state index in [0.29, 0.717) is 18.3 Å². The summed E-state index contributed by atoms with van der Waals surface area (Å²) in [4.78, 5) is 37.6. The van der Waals surface area contributed by atoms with Crippen LogP contribution in [0.3, 0.4) is 0 Å². The minimum absolute atomic E-state index is 0.0149. The van der Waals surface area contributed by atoms with Gasteiger partial charge in [-0.05, 0) is 74.3 Å². The Morgan fingerprint density at radius 2 is 1.93 bits per heavy atom. The van der Waals surface area contributed by atoms with Crippen LogP contribution in [0.4, 0.5) is 0 Å². The van der Waals surface area contributed by atoms with Crippen LogP contribution in [0.15, 0.2) is 36.0 Å². The number of ether oxygens (including phenoxy) is 1. The molecule has 0 aromatic rings. The molecular weight excluding hydrogens is 376 g/mol. The van der Waals surface area contributed by atoms with E-state index >= 15 is 0 Å². The van der Waals surface area contributed by atoms with Crippen LogP contribution in [-0.4, -0.2) is 23.1 Å². The molecular formula is C26H34O4. The van der Waals surface area contributed by atoms with E-state index in [-0.39, 0.29) is 34.2 Å². The van der Waals surface area contributed by atoms with Gasteiger partial charge < -0.3 is 4.74 Å². The first-order chi connectivity index (χ1) is 14.1. The third-order valence-electron chi connectivity index (χ3n) is 9.14. The summed E-state index contributed by atoms with van der Waals surface area (Å²) in [5.41, 5.74) is -0.275. The molecule has 0 aliphatic heterocycles. The molecule has 4 aliphatic rings. The van der Waals surface area contributed by atoms with Crippen molar-refractivity contribution in [2.75, 3.05) is 0 Å². The minimum Gasteiger partial charge on any atom is -0.447 e. The zero-order chi connectivity index (χ0) is 21.9. The lowest BCUT2D eigenvalue weighted by molar-refractivity contribution is -0.188. The number of carbonyl (C=O) groups excluding carboxylic acids is 3. The third-order valence-corrected chi connectivity index (χ3v) is 9.14. The molecule has 162 valence electrons. The molecule has 0 bridgehead atoms. The van der Waals surface area contributed by atoms with Gasteiger partial charge in [-0.25, -0.2) is 4.79 Å². The molecule has 0 spiro atoms. The second-order valence-corrected chi connectivity index (χ2v) is 10.4. The summed E-state index contributed by atoms with van der Waals surface area (Å²) in [6.07, 6.45) is 13.6. The van der Waals surface area contributed by atoms with Crippen molar-refractivity contribution in [3.63, 3.8) is 0 Å². The zero-order valence-corrected chi connectivity index (χ0v) is 18.9. The van der Waals surface area contributed by atoms with Crippen molar-refractivity contribution in [1.29, 1.82) is 0 Å². The SMILES string of the molecule is C/C=C/C(=O)O[C@]1(C(C)=O)[C@@H](C)C[C@H]2[C@@H]3C=CC4=CC(=O)CC[C@]4(C)[C@H]3CC[C@@]21C. The van der Waals surface area contributed by atoms with E-state index in [9.17, 15) is 14.4 Å². The molecule has 0 N–H and O–H groups in total. The summed E-state index contributed by atoms with van der Waals surface area (Å²) in [6.45, 7) is 9.93. The molecule has 2 fully saturated rings. The number of hydrogen-bond donors (Lipinski definition) is 0. The standard InChI is InChI=1S/C26H34O4/c1-6-7-23(29)30-26(17(3)27)16(2)14-22-20-9-8-18-15-19(28)10-12-24(18,4)21(20)11-13-25(22,26)5/h6-9,15-16,20-22H,10-14H2,1-5H3/b7-6+/t16-,20+,21-,22-,24-,25-,26-/m0/s1. The molecule has 0 aromatic heterocycles. The van der Waals surface area contributed by atoms with E-state index in [1.807, 2.05) is 6.08 Å². The summed E-state index contributed by atoms with van der Waals surface area (Å²) in [6, 6.07) is 0. The van der Waals surface area contributed by atoms with Gasteiger partial charge in [0.05, 0.1) is 0 Å². The Labute approximate surface area is 179 Å². The second-order valence-electron chi connectivity index (χ2n) is 10.4. The van der Waals surface area contributed by atoms with E-state index in [2.05, 4.69) is 32.9 Å². The number of carbonyl (C=O) groups is 3. The number of hydrogen-bond acceptors (Lipinski definition) is 4. The van der Waals surface area contributed by atoms with Crippen molar-refractivity contribution in [1.82, 2.24) is 0 Å². The van der Waals surface area contributed by atoms with Crippen LogP contribution in [0.2, 0.25) is 0 Å². The fourth-order valence-electron chi connectivity index (χ4n) is 7.70. The van der Waals surface area contributed by atoms with Gasteiger partial charge in [0.2, 0.25) is 0 Å². The molecule has 0 amide bonds. The van der Waals surface area contributed by atoms with Crippen molar-refractivity contribution < 1.29 is 19.1 Å². The van der Waals surface area contributed by atoms with Gasteiger partial charge in [-0.1, -0.05) is 39.0 Å². The van der Waals surface area contributed by atoms with Crippen LogP contribution < -0.4 is 0 Å². The predicted octanol–water partition coefficient (Wildman–Crippen LogP) is 4.99. The smallest absolute Gasteiger partial charge is 0.331 e. The van der Waals surface area contributed by atoms with Crippen LogP contribution in [0, 0.1) is 34.5 Å². The quantitative estimate of drug-likeness (QED) is 0.486. The number of ketones is 2. The molecule has 0 radical (unpaired) electrons. The summed E-state index contributed by atoms with van der Waals surface area (Å²) in [7, 11) is 0. The predicted molar refractivity (Wildman–Crippen MR) is 115 cm³/mol. The lowest BCUT2D eigenvalue weighted by Gasteiger charge is -2.57. The molecule has 4 rings (SSSR count). The summed E-state index contributed by atoms with van der Waals surface area (Å²) in [5.74, 6) is 0.818. The monoisotopic (exact) mass is 410 g/mol. The Kier molecular flexibility index (Phi) is 4.99. The van der Waals surface area contributed by atoms with E-state index < -0.39 is 11.6 Å². The van der Waals surface area contributed by atoms with Gasteiger partial charge in [0, 0.05) is 23.8 Å². The van der Waals surface area contributed by atoms with Crippen LogP contribution in [-0.2, 0) is 19.1 Å². The highest BCUT2D eigenvalue weighted by molar-refractivity contribution is 5.93. The number of rotatable bonds is 3. The lowest BCUT2D eigenvalue weighted by Crippen LogP contribution is -2.59. The maximum Gasteiger partial charge on any atom is 0.331 e. The van der Waals surface area contributed by atoms with Crippen molar-refractivity contribution >= 4 is 17.5 Å². The fraction of sp³-hybridized carbons (Fsp3) is 0.654. The van der Waals surface area contributed by atoms with Gasteiger partial charge in [0.25, 0.3) is 0 Å². The van der Waals surface area contributed by atoms with Crippen LogP contribution >= 0.6 is 0 Å². The van der Waals surface area contributed by atoms with Gasteiger partial charge in [0.15, 0.2) is 17.2 Å². The molecule has 0 saturated heterocycles. The minimum atomic E-state index is -1.08. The van der Waals surface area contributed by atoms with E-state index in [0.717, 1.165) is 25.7 Å². The third kappa shape index (κ3) is 2.68. The molecule has 7 atom stereocenters. The molecule has 0 unspecified atom stereocenters. The summed E-state index contributed by atoms with van der Waals surface area (Å²) < 4.78 is 6.06. The first-order valence-electron chi connectivity index (χ1n) is 11.4. The van der Waals surface area contributed by atoms with Gasteiger partial charge in [-0.2, -0.15) is 0 Å². The molecule has 30 heavy (non-hydrogen) atoms. The van der Waals surface area contributed by atoms with Crippen molar-refractivity contribution in [3.8, 4) is 0 Å². The Hall–Kier alpha value is -1.97. The Morgan fingerprint density at radius 3 is 2.60 bits per heavy atom. The van der Waals surface area contributed by atoms with Crippen molar-refractivity contribution in [3.05, 3.63) is 36.0 Å². The van der Waals surface area contributed by atoms with Crippen molar-refractivity contribution in [2.24, 2.45) is 34.5 Å². The highest BCUT2D eigenvalue weighted by Gasteiger charge is 2.70. The number of allylic oxidation sites excluding steroid dienone is 5. The van der Waals surface area contributed by atoms with E-state index in [4.69, 9.17) is 4.74 Å². The van der Waals surface area contributed by atoms with Crippen molar-refractivity contribution in [2.45, 2.75) is 72.3 Å². The lowest BCUT2D eigenvalue weighted by atomic mass is 9.48. The molecule has 4 heteroatoms. The van der Waals surface area contributed by atoms with Gasteiger partial charge in [-0.3, -0.25) is 9.59 Å². The average molecular weight is 411 g/mol. The highest BCUT2D eigenvalue weighted by atomic mass is 16.6. The average Bonchev–Trinajstić information content (AvgIpc) is 2.90. The summed E-state index contributed by atoms with van der Waals surface area (Å²) in [5, 5.41) is 0. The molecule has 0 heterocycles. The number of esters is 1. The van der Waals surface area contributed by atoms with Crippen LogP contribution in [0.5, 0.6) is 0 Å². The first kappa shape index (κ1) is 21.3. The molecule has 4 aliphatic carbocycles. The van der Waals surface area contributed by atoms with E-state index in [1.54, 1.807) is 19.9 Å². The number of Topliss-reactive ketones (excluding diaryl/α,β-unsaturated/α-hetero) is 1. The van der Waals surface area contributed by atoms with Gasteiger partial charge in [0.1, 0.15) is 0 Å². The normalized spacial score (nSPS) is 44.8. The number of fused-ring (bicyclic) bond motifs is 5. The summed E-state index contributed by atoms with van der Waals surface area (Å²) >= 11 is 0. The molecule has 0 aromatic carbocycles.